The number of esters is 2. The first kappa shape index (κ1) is 22.0. The van der Waals surface area contributed by atoms with Gasteiger partial charge in [-0.05, 0) is 55.5 Å². The first-order valence-corrected chi connectivity index (χ1v) is 10.9. The van der Waals surface area contributed by atoms with Crippen LogP contribution >= 0.6 is 27.5 Å². The Morgan fingerprint density at radius 2 is 1.78 bits per heavy atom. The first-order chi connectivity index (χ1) is 15.4. The molecule has 0 fully saturated rings. The highest BCUT2D eigenvalue weighted by Crippen LogP contribution is 2.28. The molecule has 0 aliphatic rings. The zero-order valence-corrected chi connectivity index (χ0v) is 19.3. The molecule has 0 saturated heterocycles. The molecular formula is C24H17BrClNO5. The Hall–Kier alpha value is -3.16. The van der Waals surface area contributed by atoms with Crippen LogP contribution in [0.5, 0.6) is 0 Å². The van der Waals surface area contributed by atoms with Gasteiger partial charge in [0.25, 0.3) is 0 Å². The Morgan fingerprint density at radius 1 is 1.00 bits per heavy atom. The second-order valence-corrected chi connectivity index (χ2v) is 8.14. The summed E-state index contributed by atoms with van der Waals surface area (Å²) in [6, 6.07) is 17.4. The van der Waals surface area contributed by atoms with Crippen LogP contribution in [0.3, 0.4) is 0 Å². The summed E-state index contributed by atoms with van der Waals surface area (Å²) in [4.78, 5) is 29.4. The van der Waals surface area contributed by atoms with E-state index in [0.29, 0.717) is 32.9 Å². The summed E-state index contributed by atoms with van der Waals surface area (Å²) in [5.41, 5.74) is 2.44. The molecule has 0 aliphatic carbocycles. The maximum absolute atomic E-state index is 13.0. The van der Waals surface area contributed by atoms with Crippen molar-refractivity contribution in [3.8, 4) is 11.3 Å². The quantitative estimate of drug-likeness (QED) is 0.275. The van der Waals surface area contributed by atoms with Gasteiger partial charge >= 0.3 is 11.9 Å². The number of fused-ring (bicyclic) bond motifs is 1. The summed E-state index contributed by atoms with van der Waals surface area (Å²) >= 11 is 9.43. The van der Waals surface area contributed by atoms with Gasteiger partial charge in [0.15, 0.2) is 0 Å². The summed E-state index contributed by atoms with van der Waals surface area (Å²) in [6.07, 6.45) is 0. The van der Waals surface area contributed by atoms with Gasteiger partial charge in [0.1, 0.15) is 12.4 Å². The van der Waals surface area contributed by atoms with Gasteiger partial charge in [-0.2, -0.15) is 0 Å². The monoisotopic (exact) mass is 513 g/mol. The minimum Gasteiger partial charge on any atom is -0.460 e. The zero-order valence-electron chi connectivity index (χ0n) is 16.9. The van der Waals surface area contributed by atoms with Crippen LogP contribution < -0.4 is 0 Å². The summed E-state index contributed by atoms with van der Waals surface area (Å²) in [5.74, 6) is -0.720. The van der Waals surface area contributed by atoms with E-state index in [0.717, 1.165) is 10.0 Å². The standard InChI is InChI=1S/C24H17BrClNO5/c1-2-30-24(29)22-10-8-17(32-22)13-31-23(28)19-12-21(14-3-6-16(26)7-4-14)27-20-9-5-15(25)11-18(19)20/h3-12H,2,13H2,1H3. The normalized spacial score (nSPS) is 10.8. The number of hydrogen-bond acceptors (Lipinski definition) is 6. The third kappa shape index (κ3) is 4.84. The average Bonchev–Trinajstić information content (AvgIpc) is 3.27. The Labute approximate surface area is 197 Å². The van der Waals surface area contributed by atoms with Crippen LogP contribution in [-0.4, -0.2) is 23.5 Å². The number of aromatic nitrogens is 1. The van der Waals surface area contributed by atoms with Gasteiger partial charge in [-0.3, -0.25) is 0 Å². The van der Waals surface area contributed by atoms with E-state index in [1.807, 2.05) is 30.3 Å². The van der Waals surface area contributed by atoms with Crippen molar-refractivity contribution in [3.05, 3.63) is 87.2 Å². The summed E-state index contributed by atoms with van der Waals surface area (Å²) in [6.45, 7) is 1.82. The molecule has 8 heteroatoms. The van der Waals surface area contributed by atoms with Gasteiger partial charge in [-0.1, -0.05) is 39.7 Å². The lowest BCUT2D eigenvalue weighted by Gasteiger charge is -2.10. The van der Waals surface area contributed by atoms with Crippen molar-refractivity contribution >= 4 is 50.4 Å². The Kier molecular flexibility index (Phi) is 6.58. The van der Waals surface area contributed by atoms with E-state index >= 15 is 0 Å². The van der Waals surface area contributed by atoms with E-state index in [4.69, 9.17) is 25.5 Å². The molecular weight excluding hydrogens is 498 g/mol. The molecule has 0 spiro atoms. The average molecular weight is 515 g/mol. The molecule has 0 amide bonds. The van der Waals surface area contributed by atoms with E-state index in [9.17, 15) is 9.59 Å². The summed E-state index contributed by atoms with van der Waals surface area (Å²) in [5, 5.41) is 1.26. The van der Waals surface area contributed by atoms with Gasteiger partial charge < -0.3 is 13.9 Å². The number of nitrogens with zero attached hydrogens (tertiary/aromatic N) is 1. The van der Waals surface area contributed by atoms with E-state index in [1.54, 1.807) is 31.2 Å². The fourth-order valence-corrected chi connectivity index (χ4v) is 3.60. The van der Waals surface area contributed by atoms with Crippen molar-refractivity contribution in [3.63, 3.8) is 0 Å². The van der Waals surface area contributed by atoms with Gasteiger partial charge in [-0.25, -0.2) is 14.6 Å². The summed E-state index contributed by atoms with van der Waals surface area (Å²) < 4.78 is 16.6. The Bertz CT molecular complexity index is 1300. The van der Waals surface area contributed by atoms with Crippen LogP contribution in [0.15, 0.2) is 69.6 Å². The molecule has 0 unspecified atom stereocenters. The van der Waals surface area contributed by atoms with Crippen molar-refractivity contribution in [1.29, 1.82) is 0 Å². The highest BCUT2D eigenvalue weighted by atomic mass is 79.9. The molecule has 0 aliphatic heterocycles. The molecule has 0 bridgehead atoms. The van der Waals surface area contributed by atoms with Crippen molar-refractivity contribution in [2.24, 2.45) is 0 Å². The van der Waals surface area contributed by atoms with Crippen molar-refractivity contribution in [1.82, 2.24) is 4.98 Å². The van der Waals surface area contributed by atoms with Gasteiger partial charge in [-0.15, -0.1) is 0 Å². The van der Waals surface area contributed by atoms with Crippen LogP contribution in [0.4, 0.5) is 0 Å². The van der Waals surface area contributed by atoms with E-state index in [1.165, 1.54) is 6.07 Å². The van der Waals surface area contributed by atoms with Crippen molar-refractivity contribution < 1.29 is 23.5 Å². The predicted molar refractivity (Wildman–Crippen MR) is 124 cm³/mol. The molecule has 2 heterocycles. The molecule has 32 heavy (non-hydrogen) atoms. The summed E-state index contributed by atoms with van der Waals surface area (Å²) in [7, 11) is 0. The molecule has 2 aromatic heterocycles. The number of hydrogen-bond donors (Lipinski definition) is 0. The predicted octanol–water partition coefficient (Wildman–Crippen LogP) is 6.44. The molecule has 4 aromatic rings. The third-order valence-electron chi connectivity index (χ3n) is 4.61. The molecule has 4 rings (SSSR count). The van der Waals surface area contributed by atoms with Crippen molar-refractivity contribution in [2.45, 2.75) is 13.5 Å². The molecule has 0 atom stereocenters. The third-order valence-corrected chi connectivity index (χ3v) is 5.36. The lowest BCUT2D eigenvalue weighted by Crippen LogP contribution is -2.07. The van der Waals surface area contributed by atoms with Crippen LogP contribution in [0.2, 0.25) is 5.02 Å². The number of carbonyl (C=O) groups excluding carboxylic acids is 2. The van der Waals surface area contributed by atoms with E-state index in [2.05, 4.69) is 20.9 Å². The molecule has 6 nitrogen and oxygen atoms in total. The second kappa shape index (κ2) is 9.54. The number of furan rings is 1. The van der Waals surface area contributed by atoms with Crippen LogP contribution in [0.1, 0.15) is 33.6 Å². The largest absolute Gasteiger partial charge is 0.460 e. The highest BCUT2D eigenvalue weighted by Gasteiger charge is 2.18. The fraction of sp³-hybridized carbons (Fsp3) is 0.125. The second-order valence-electron chi connectivity index (χ2n) is 6.79. The van der Waals surface area contributed by atoms with Gasteiger partial charge in [0, 0.05) is 20.4 Å². The number of halogens is 2. The number of benzene rings is 2. The fourth-order valence-electron chi connectivity index (χ4n) is 3.12. The smallest absolute Gasteiger partial charge is 0.374 e. The maximum Gasteiger partial charge on any atom is 0.374 e. The lowest BCUT2D eigenvalue weighted by molar-refractivity contribution is 0.0432. The van der Waals surface area contributed by atoms with Crippen LogP contribution in [0.25, 0.3) is 22.2 Å². The lowest BCUT2D eigenvalue weighted by atomic mass is 10.0. The minimum absolute atomic E-state index is 0.0567. The minimum atomic E-state index is -0.567. The molecule has 0 saturated carbocycles. The Balaban J connectivity index is 1.63. The topological polar surface area (TPSA) is 78.6 Å². The van der Waals surface area contributed by atoms with Gasteiger partial charge in [0.2, 0.25) is 5.76 Å². The molecule has 2 aromatic carbocycles. The first-order valence-electron chi connectivity index (χ1n) is 9.74. The number of rotatable bonds is 6. The molecule has 0 radical (unpaired) electrons. The highest BCUT2D eigenvalue weighted by molar-refractivity contribution is 9.10. The number of carbonyl (C=O) groups is 2. The van der Waals surface area contributed by atoms with E-state index in [-0.39, 0.29) is 19.0 Å². The Morgan fingerprint density at radius 3 is 2.53 bits per heavy atom. The zero-order chi connectivity index (χ0) is 22.7. The number of pyridine rings is 1. The molecule has 162 valence electrons. The van der Waals surface area contributed by atoms with Crippen LogP contribution in [-0.2, 0) is 16.1 Å². The number of ether oxygens (including phenoxy) is 2. The van der Waals surface area contributed by atoms with E-state index < -0.39 is 11.9 Å². The van der Waals surface area contributed by atoms with Crippen LogP contribution in [0, 0.1) is 0 Å². The SMILES string of the molecule is CCOC(=O)c1ccc(COC(=O)c2cc(-c3ccc(Cl)cc3)nc3ccc(Br)cc23)o1. The van der Waals surface area contributed by atoms with Gasteiger partial charge in [0.05, 0.1) is 23.4 Å². The van der Waals surface area contributed by atoms with Crippen molar-refractivity contribution in [2.75, 3.05) is 6.61 Å². The molecule has 0 N–H and O–H groups in total. The maximum atomic E-state index is 13.0.